The van der Waals surface area contributed by atoms with Crippen molar-refractivity contribution in [3.05, 3.63) is 18.5 Å². The van der Waals surface area contributed by atoms with Gasteiger partial charge in [-0.3, -0.25) is 4.98 Å². The fourth-order valence-corrected chi connectivity index (χ4v) is 2.61. The lowest BCUT2D eigenvalue weighted by Gasteiger charge is -2.39. The lowest BCUT2D eigenvalue weighted by atomic mass is 9.84. The van der Waals surface area contributed by atoms with Crippen molar-refractivity contribution in [1.82, 2.24) is 4.98 Å². The maximum absolute atomic E-state index is 4.36. The Bertz CT molecular complexity index is 387. The average molecular weight is 247 g/mol. The molecule has 0 bridgehead atoms. The number of rotatable bonds is 4. The van der Waals surface area contributed by atoms with Gasteiger partial charge in [-0.05, 0) is 30.7 Å². The molecule has 100 valence electrons. The van der Waals surface area contributed by atoms with Crippen LogP contribution in [-0.4, -0.2) is 24.6 Å². The van der Waals surface area contributed by atoms with Gasteiger partial charge < -0.3 is 10.2 Å². The maximum atomic E-state index is 4.36. The summed E-state index contributed by atoms with van der Waals surface area (Å²) in [6, 6.07) is 2.23. The van der Waals surface area contributed by atoms with Crippen molar-refractivity contribution >= 4 is 11.4 Å². The summed E-state index contributed by atoms with van der Waals surface area (Å²) in [5.74, 6) is 0. The molecule has 2 rings (SSSR count). The highest BCUT2D eigenvalue weighted by Gasteiger charge is 2.26. The Morgan fingerprint density at radius 1 is 1.39 bits per heavy atom. The Hall–Kier alpha value is -1.25. The van der Waals surface area contributed by atoms with Gasteiger partial charge in [-0.2, -0.15) is 0 Å². The van der Waals surface area contributed by atoms with Gasteiger partial charge in [-0.1, -0.05) is 20.8 Å². The number of hydrogen-bond donors (Lipinski definition) is 1. The molecule has 3 heteroatoms. The molecule has 1 aliphatic rings. The zero-order valence-corrected chi connectivity index (χ0v) is 11.9. The summed E-state index contributed by atoms with van der Waals surface area (Å²) >= 11 is 0. The van der Waals surface area contributed by atoms with E-state index in [0.717, 1.165) is 31.7 Å². The predicted octanol–water partition coefficient (Wildman–Crippen LogP) is 3.53. The van der Waals surface area contributed by atoms with Crippen molar-refractivity contribution in [3.63, 3.8) is 0 Å². The van der Waals surface area contributed by atoms with Gasteiger partial charge in [0.05, 0.1) is 23.8 Å². The Labute approximate surface area is 111 Å². The molecular formula is C15H25N3. The largest absolute Gasteiger partial charge is 0.384 e. The minimum atomic E-state index is 0.422. The van der Waals surface area contributed by atoms with Crippen molar-refractivity contribution in [2.75, 3.05) is 29.9 Å². The standard InChI is InChI=1S/C15H25N3/c1-4-7-17-13-9-14(11-16-10-13)18-8-5-6-15(2,3)12-18/h9-11,17H,4-8,12H2,1-3H3. The topological polar surface area (TPSA) is 28.2 Å². The van der Waals surface area contributed by atoms with Crippen LogP contribution in [0.1, 0.15) is 40.0 Å². The van der Waals surface area contributed by atoms with Crippen LogP contribution < -0.4 is 10.2 Å². The molecule has 1 saturated heterocycles. The van der Waals surface area contributed by atoms with Crippen LogP contribution in [-0.2, 0) is 0 Å². The van der Waals surface area contributed by atoms with E-state index < -0.39 is 0 Å². The number of piperidine rings is 1. The lowest BCUT2D eigenvalue weighted by molar-refractivity contribution is 0.293. The first-order valence-corrected chi connectivity index (χ1v) is 7.04. The van der Waals surface area contributed by atoms with E-state index >= 15 is 0 Å². The lowest BCUT2D eigenvalue weighted by Crippen LogP contribution is -2.40. The third-order valence-electron chi connectivity index (χ3n) is 3.57. The highest BCUT2D eigenvalue weighted by atomic mass is 15.1. The molecule has 1 aromatic rings. The van der Waals surface area contributed by atoms with Gasteiger partial charge in [0.25, 0.3) is 0 Å². The quantitative estimate of drug-likeness (QED) is 0.882. The fraction of sp³-hybridized carbons (Fsp3) is 0.667. The van der Waals surface area contributed by atoms with E-state index in [1.54, 1.807) is 0 Å². The van der Waals surface area contributed by atoms with Gasteiger partial charge in [-0.25, -0.2) is 0 Å². The summed E-state index contributed by atoms with van der Waals surface area (Å²) in [5.41, 5.74) is 2.81. The zero-order chi connectivity index (χ0) is 13.0. The van der Waals surface area contributed by atoms with Crippen LogP contribution in [0.5, 0.6) is 0 Å². The molecule has 1 aromatic heterocycles. The molecular weight excluding hydrogens is 222 g/mol. The molecule has 0 radical (unpaired) electrons. The third-order valence-corrected chi connectivity index (χ3v) is 3.57. The Morgan fingerprint density at radius 3 is 2.94 bits per heavy atom. The first-order valence-electron chi connectivity index (χ1n) is 7.04. The highest BCUT2D eigenvalue weighted by molar-refractivity contribution is 5.55. The van der Waals surface area contributed by atoms with Crippen LogP contribution in [0.4, 0.5) is 11.4 Å². The molecule has 3 nitrogen and oxygen atoms in total. The molecule has 0 amide bonds. The molecule has 2 heterocycles. The summed E-state index contributed by atoms with van der Waals surface area (Å²) in [6.07, 6.45) is 7.64. The average Bonchev–Trinajstić information content (AvgIpc) is 2.35. The van der Waals surface area contributed by atoms with E-state index in [4.69, 9.17) is 0 Å². The van der Waals surface area contributed by atoms with Gasteiger partial charge in [-0.15, -0.1) is 0 Å². The molecule has 18 heavy (non-hydrogen) atoms. The second kappa shape index (κ2) is 5.59. The van der Waals surface area contributed by atoms with Gasteiger partial charge in [0.15, 0.2) is 0 Å². The molecule has 0 saturated carbocycles. The Morgan fingerprint density at radius 2 is 2.22 bits per heavy atom. The smallest absolute Gasteiger partial charge is 0.0573 e. The van der Waals surface area contributed by atoms with Gasteiger partial charge in [0.1, 0.15) is 0 Å². The number of anilines is 2. The normalized spacial score (nSPS) is 18.7. The van der Waals surface area contributed by atoms with E-state index in [1.165, 1.54) is 18.5 Å². The van der Waals surface area contributed by atoms with E-state index in [0.29, 0.717) is 5.41 Å². The highest BCUT2D eigenvalue weighted by Crippen LogP contribution is 2.31. The van der Waals surface area contributed by atoms with Crippen LogP contribution in [0.25, 0.3) is 0 Å². The van der Waals surface area contributed by atoms with Crippen molar-refractivity contribution in [3.8, 4) is 0 Å². The number of pyridine rings is 1. The second-order valence-electron chi connectivity index (χ2n) is 6.05. The van der Waals surface area contributed by atoms with Crippen LogP contribution in [0.2, 0.25) is 0 Å². The summed E-state index contributed by atoms with van der Waals surface area (Å²) in [4.78, 5) is 6.82. The number of hydrogen-bond acceptors (Lipinski definition) is 3. The summed E-state index contributed by atoms with van der Waals surface area (Å²) in [6.45, 7) is 10.2. The SMILES string of the molecule is CCCNc1cncc(N2CCCC(C)(C)C2)c1. The van der Waals surface area contributed by atoms with Crippen molar-refractivity contribution in [1.29, 1.82) is 0 Å². The van der Waals surface area contributed by atoms with Crippen LogP contribution in [0, 0.1) is 5.41 Å². The summed E-state index contributed by atoms with van der Waals surface area (Å²) in [7, 11) is 0. The minimum Gasteiger partial charge on any atom is -0.384 e. The first-order chi connectivity index (χ1) is 8.61. The number of nitrogens with one attached hydrogen (secondary N) is 1. The molecule has 1 aliphatic heterocycles. The van der Waals surface area contributed by atoms with Crippen molar-refractivity contribution < 1.29 is 0 Å². The van der Waals surface area contributed by atoms with Gasteiger partial charge in [0.2, 0.25) is 0 Å². The molecule has 0 spiro atoms. The van der Waals surface area contributed by atoms with Crippen LogP contribution in [0.15, 0.2) is 18.5 Å². The van der Waals surface area contributed by atoms with Crippen LogP contribution in [0.3, 0.4) is 0 Å². The molecule has 1 N–H and O–H groups in total. The molecule has 1 fully saturated rings. The summed E-state index contributed by atoms with van der Waals surface area (Å²) in [5, 5.41) is 3.41. The zero-order valence-electron chi connectivity index (χ0n) is 11.9. The van der Waals surface area contributed by atoms with Gasteiger partial charge >= 0.3 is 0 Å². The molecule has 0 atom stereocenters. The number of nitrogens with zero attached hydrogens (tertiary/aromatic N) is 2. The van der Waals surface area contributed by atoms with E-state index in [1.807, 2.05) is 12.4 Å². The number of aromatic nitrogens is 1. The summed E-state index contributed by atoms with van der Waals surface area (Å²) < 4.78 is 0. The van der Waals surface area contributed by atoms with Crippen LogP contribution >= 0.6 is 0 Å². The molecule has 0 aliphatic carbocycles. The predicted molar refractivity (Wildman–Crippen MR) is 78.2 cm³/mol. The van der Waals surface area contributed by atoms with Gasteiger partial charge in [0, 0.05) is 19.6 Å². The van der Waals surface area contributed by atoms with Crippen molar-refractivity contribution in [2.24, 2.45) is 5.41 Å². The fourth-order valence-electron chi connectivity index (χ4n) is 2.61. The van der Waals surface area contributed by atoms with E-state index in [2.05, 4.69) is 42.0 Å². The minimum absolute atomic E-state index is 0.422. The monoisotopic (exact) mass is 247 g/mol. The first kappa shape index (κ1) is 13.2. The Kier molecular flexibility index (Phi) is 4.10. The third kappa shape index (κ3) is 3.37. The maximum Gasteiger partial charge on any atom is 0.0573 e. The van der Waals surface area contributed by atoms with E-state index in [9.17, 15) is 0 Å². The van der Waals surface area contributed by atoms with E-state index in [-0.39, 0.29) is 0 Å². The molecule has 0 aromatic carbocycles. The molecule has 0 unspecified atom stereocenters. The van der Waals surface area contributed by atoms with Crippen molar-refractivity contribution in [2.45, 2.75) is 40.0 Å². The Balaban J connectivity index is 2.07. The second-order valence-corrected chi connectivity index (χ2v) is 6.05.